The number of aromatic nitrogens is 2. The lowest BCUT2D eigenvalue weighted by atomic mass is 10.2. The zero-order valence-corrected chi connectivity index (χ0v) is 14.6. The van der Waals surface area contributed by atoms with Gasteiger partial charge in [-0.15, -0.1) is 0 Å². The number of hydrogen-bond acceptors (Lipinski definition) is 2. The summed E-state index contributed by atoms with van der Waals surface area (Å²) in [7, 11) is 0. The normalized spacial score (nSPS) is 10.6. The molecule has 1 aromatic heterocycles. The Kier molecular flexibility index (Phi) is 5.09. The summed E-state index contributed by atoms with van der Waals surface area (Å²) >= 11 is 18.0. The van der Waals surface area contributed by atoms with E-state index in [0.29, 0.717) is 28.0 Å². The molecule has 1 N–H and O–H groups in total. The third-order valence-electron chi connectivity index (χ3n) is 3.35. The fraction of sp³-hybridized carbons (Fsp3) is 0.0588. The summed E-state index contributed by atoms with van der Waals surface area (Å²) in [5.74, 6) is 0.0812. The van der Waals surface area contributed by atoms with Crippen molar-refractivity contribution >= 4 is 46.5 Å². The lowest BCUT2D eigenvalue weighted by Gasteiger charge is -2.06. The zero-order chi connectivity index (χ0) is 17.1. The molecule has 0 radical (unpaired) electrons. The predicted molar refractivity (Wildman–Crippen MR) is 97.2 cm³/mol. The van der Waals surface area contributed by atoms with Gasteiger partial charge >= 0.3 is 0 Å². The molecular weight excluding hydrogens is 369 g/mol. The number of amides is 1. The second kappa shape index (κ2) is 7.26. The number of nitrogens with one attached hydrogen (secondary N) is 1. The van der Waals surface area contributed by atoms with Gasteiger partial charge in [-0.1, -0.05) is 53.0 Å². The van der Waals surface area contributed by atoms with Gasteiger partial charge in [0.15, 0.2) is 5.82 Å². The number of hydrogen-bond donors (Lipinski definition) is 1. The molecule has 0 spiro atoms. The van der Waals surface area contributed by atoms with Crippen molar-refractivity contribution in [3.05, 3.63) is 80.9 Å². The van der Waals surface area contributed by atoms with Crippen LogP contribution in [0.25, 0.3) is 0 Å². The van der Waals surface area contributed by atoms with Crippen molar-refractivity contribution in [1.82, 2.24) is 9.78 Å². The Morgan fingerprint density at radius 2 is 1.83 bits per heavy atom. The van der Waals surface area contributed by atoms with Crippen molar-refractivity contribution in [2.45, 2.75) is 6.54 Å². The molecule has 7 heteroatoms. The Balaban J connectivity index is 1.72. The molecule has 0 fully saturated rings. The highest BCUT2D eigenvalue weighted by Crippen LogP contribution is 2.22. The highest BCUT2D eigenvalue weighted by atomic mass is 35.5. The van der Waals surface area contributed by atoms with Crippen LogP contribution in [0.4, 0.5) is 5.82 Å². The fourth-order valence-corrected chi connectivity index (χ4v) is 2.86. The van der Waals surface area contributed by atoms with Gasteiger partial charge in [-0.05, 0) is 29.8 Å². The molecule has 0 aliphatic heterocycles. The van der Waals surface area contributed by atoms with E-state index in [1.54, 1.807) is 29.1 Å². The van der Waals surface area contributed by atoms with Crippen molar-refractivity contribution in [2.75, 3.05) is 5.32 Å². The van der Waals surface area contributed by atoms with Crippen LogP contribution < -0.4 is 5.32 Å². The molecule has 1 heterocycles. The number of nitrogens with zero attached hydrogens (tertiary/aromatic N) is 2. The molecule has 2 aromatic carbocycles. The summed E-state index contributed by atoms with van der Waals surface area (Å²) in [6.07, 6.45) is 1.77. The highest BCUT2D eigenvalue weighted by Gasteiger charge is 2.12. The quantitative estimate of drug-likeness (QED) is 0.681. The molecule has 24 heavy (non-hydrogen) atoms. The Morgan fingerprint density at radius 1 is 1.04 bits per heavy atom. The smallest absolute Gasteiger partial charge is 0.258 e. The van der Waals surface area contributed by atoms with Gasteiger partial charge in [0.1, 0.15) is 0 Å². The van der Waals surface area contributed by atoms with Crippen LogP contribution in [0.2, 0.25) is 15.1 Å². The first-order valence-corrected chi connectivity index (χ1v) is 8.19. The second-order valence-corrected chi connectivity index (χ2v) is 6.32. The molecule has 0 bridgehead atoms. The average Bonchev–Trinajstić information content (AvgIpc) is 2.96. The standard InChI is InChI=1S/C17H12Cl3N3O/c18-12-5-6-13(15(20)9-12)17(24)21-16-7-8-23(22-16)10-11-3-1-2-4-14(11)19/h1-9H,10H2,(H,21,22,24). The number of halogens is 3. The van der Waals surface area contributed by atoms with Crippen LogP contribution in [-0.4, -0.2) is 15.7 Å². The molecule has 122 valence electrons. The predicted octanol–water partition coefficient (Wildman–Crippen LogP) is 5.14. The van der Waals surface area contributed by atoms with E-state index in [1.807, 2.05) is 24.3 Å². The molecule has 0 aliphatic carbocycles. The van der Waals surface area contributed by atoms with E-state index in [9.17, 15) is 4.79 Å². The molecule has 0 saturated heterocycles. The fourth-order valence-electron chi connectivity index (χ4n) is 2.17. The van der Waals surface area contributed by atoms with Crippen LogP contribution in [0, 0.1) is 0 Å². The maximum atomic E-state index is 12.3. The zero-order valence-electron chi connectivity index (χ0n) is 12.3. The minimum atomic E-state index is -0.348. The van der Waals surface area contributed by atoms with Gasteiger partial charge < -0.3 is 5.32 Å². The number of carbonyl (C=O) groups excluding carboxylic acids is 1. The van der Waals surface area contributed by atoms with Crippen LogP contribution in [-0.2, 0) is 6.54 Å². The Morgan fingerprint density at radius 3 is 2.58 bits per heavy atom. The topological polar surface area (TPSA) is 46.9 Å². The lowest BCUT2D eigenvalue weighted by molar-refractivity contribution is 0.102. The molecule has 4 nitrogen and oxygen atoms in total. The summed E-state index contributed by atoms with van der Waals surface area (Å²) in [4.78, 5) is 12.3. The van der Waals surface area contributed by atoms with Gasteiger partial charge in [0.25, 0.3) is 5.91 Å². The largest absolute Gasteiger partial charge is 0.305 e. The molecule has 0 atom stereocenters. The maximum absolute atomic E-state index is 12.3. The minimum absolute atomic E-state index is 0.288. The Bertz CT molecular complexity index is 892. The number of carbonyl (C=O) groups is 1. The van der Waals surface area contributed by atoms with E-state index in [0.717, 1.165) is 5.56 Å². The van der Waals surface area contributed by atoms with Crippen LogP contribution in [0.15, 0.2) is 54.7 Å². The van der Waals surface area contributed by atoms with Crippen molar-refractivity contribution < 1.29 is 4.79 Å². The van der Waals surface area contributed by atoms with E-state index < -0.39 is 0 Å². The number of anilines is 1. The summed E-state index contributed by atoms with van der Waals surface area (Å²) in [5, 5.41) is 8.46. The van der Waals surface area contributed by atoms with Gasteiger partial charge in [-0.3, -0.25) is 9.48 Å². The first kappa shape index (κ1) is 16.8. The van der Waals surface area contributed by atoms with E-state index in [1.165, 1.54) is 6.07 Å². The molecule has 3 rings (SSSR count). The SMILES string of the molecule is O=C(Nc1ccn(Cc2ccccc2Cl)n1)c1ccc(Cl)cc1Cl. The molecule has 3 aromatic rings. The number of benzene rings is 2. The first-order valence-electron chi connectivity index (χ1n) is 7.06. The van der Waals surface area contributed by atoms with Crippen LogP contribution in [0.5, 0.6) is 0 Å². The lowest BCUT2D eigenvalue weighted by Crippen LogP contribution is -2.13. The van der Waals surface area contributed by atoms with Crippen LogP contribution in [0.1, 0.15) is 15.9 Å². The van der Waals surface area contributed by atoms with E-state index in [-0.39, 0.29) is 10.9 Å². The summed E-state index contributed by atoms with van der Waals surface area (Å²) in [6.45, 7) is 0.511. The van der Waals surface area contributed by atoms with Crippen molar-refractivity contribution in [3.8, 4) is 0 Å². The summed E-state index contributed by atoms with van der Waals surface area (Å²) in [5.41, 5.74) is 1.28. The van der Waals surface area contributed by atoms with Crippen molar-refractivity contribution in [1.29, 1.82) is 0 Å². The minimum Gasteiger partial charge on any atom is -0.305 e. The molecule has 0 unspecified atom stereocenters. The molecule has 0 aliphatic rings. The van der Waals surface area contributed by atoms with Crippen LogP contribution in [0.3, 0.4) is 0 Å². The van der Waals surface area contributed by atoms with Gasteiger partial charge in [0.05, 0.1) is 17.1 Å². The van der Waals surface area contributed by atoms with Crippen molar-refractivity contribution in [3.63, 3.8) is 0 Å². The van der Waals surface area contributed by atoms with Gasteiger partial charge in [0, 0.05) is 22.3 Å². The average molecular weight is 381 g/mol. The molecule has 1 amide bonds. The summed E-state index contributed by atoms with van der Waals surface area (Å²) in [6, 6.07) is 13.9. The molecular formula is C17H12Cl3N3O. The first-order chi connectivity index (χ1) is 11.5. The van der Waals surface area contributed by atoms with E-state index >= 15 is 0 Å². The second-order valence-electron chi connectivity index (χ2n) is 5.07. The molecule has 0 saturated carbocycles. The van der Waals surface area contributed by atoms with E-state index in [4.69, 9.17) is 34.8 Å². The maximum Gasteiger partial charge on any atom is 0.258 e. The monoisotopic (exact) mass is 379 g/mol. The summed E-state index contributed by atoms with van der Waals surface area (Å²) < 4.78 is 1.69. The van der Waals surface area contributed by atoms with E-state index in [2.05, 4.69) is 10.4 Å². The highest BCUT2D eigenvalue weighted by molar-refractivity contribution is 6.37. The third kappa shape index (κ3) is 3.90. The van der Waals surface area contributed by atoms with Crippen LogP contribution >= 0.6 is 34.8 Å². The Labute approximate surface area is 154 Å². The number of rotatable bonds is 4. The van der Waals surface area contributed by atoms with Gasteiger partial charge in [0.2, 0.25) is 0 Å². The van der Waals surface area contributed by atoms with Crippen molar-refractivity contribution in [2.24, 2.45) is 0 Å². The van der Waals surface area contributed by atoms with Gasteiger partial charge in [-0.2, -0.15) is 5.10 Å². The Hall–Kier alpha value is -2.01. The third-order valence-corrected chi connectivity index (χ3v) is 4.26. The van der Waals surface area contributed by atoms with Gasteiger partial charge in [-0.25, -0.2) is 0 Å².